The Morgan fingerprint density at radius 2 is 2.18 bits per heavy atom. The molecular formula is C16H18ClN3O6S2. The maximum Gasteiger partial charge on any atom is 0.274 e. The third kappa shape index (κ3) is 4.36. The average Bonchev–Trinajstić information content (AvgIpc) is 3.28. The summed E-state index contributed by atoms with van der Waals surface area (Å²) in [6.45, 7) is 1.43. The summed E-state index contributed by atoms with van der Waals surface area (Å²) in [7, 11) is -7.02. The fraction of sp³-hybridized carbons (Fsp3) is 0.438. The molecule has 0 radical (unpaired) electrons. The van der Waals surface area contributed by atoms with E-state index in [4.69, 9.17) is 16.0 Å². The van der Waals surface area contributed by atoms with Gasteiger partial charge in [-0.3, -0.25) is 4.79 Å². The standard InChI is InChI=1S/C16H18ClN3O6S2/c1-2-28(24,25)16-18-8-13(17)14(19-16)15(21)20(9-12-4-3-6-26-12)11-5-7-27(22,23)10-11/h3-4,6,8,11H,2,5,7,9-10H2,1H3. The first kappa shape index (κ1) is 20.7. The van der Waals surface area contributed by atoms with Gasteiger partial charge in [0.15, 0.2) is 15.5 Å². The van der Waals surface area contributed by atoms with E-state index < -0.39 is 36.8 Å². The van der Waals surface area contributed by atoms with Crippen LogP contribution in [0.1, 0.15) is 29.6 Å². The SMILES string of the molecule is CCS(=O)(=O)c1ncc(Cl)c(C(=O)N(Cc2ccco2)C2CCS(=O)(=O)C2)n1. The number of sulfone groups is 2. The summed E-state index contributed by atoms with van der Waals surface area (Å²) in [4.78, 5) is 22.1. The van der Waals surface area contributed by atoms with Gasteiger partial charge in [0.05, 0.1) is 41.3 Å². The predicted octanol–water partition coefficient (Wildman–Crippen LogP) is 1.35. The second-order valence-corrected chi connectivity index (χ2v) is 11.1. The first-order valence-electron chi connectivity index (χ1n) is 8.42. The van der Waals surface area contributed by atoms with Crippen molar-refractivity contribution in [1.29, 1.82) is 0 Å². The molecule has 1 amide bonds. The van der Waals surface area contributed by atoms with Gasteiger partial charge in [-0.2, -0.15) is 0 Å². The topological polar surface area (TPSA) is 128 Å². The van der Waals surface area contributed by atoms with Crippen LogP contribution in [0.2, 0.25) is 5.02 Å². The minimum absolute atomic E-state index is 0.00220. The molecule has 1 saturated heterocycles. The molecular weight excluding hydrogens is 430 g/mol. The van der Waals surface area contributed by atoms with E-state index in [2.05, 4.69) is 9.97 Å². The molecule has 12 heteroatoms. The highest BCUT2D eigenvalue weighted by Gasteiger charge is 2.37. The van der Waals surface area contributed by atoms with Gasteiger partial charge in [-0.1, -0.05) is 18.5 Å². The molecule has 0 saturated carbocycles. The van der Waals surface area contributed by atoms with E-state index >= 15 is 0 Å². The van der Waals surface area contributed by atoms with E-state index in [9.17, 15) is 21.6 Å². The van der Waals surface area contributed by atoms with Crippen molar-refractivity contribution < 1.29 is 26.0 Å². The lowest BCUT2D eigenvalue weighted by molar-refractivity contribution is 0.0659. The van der Waals surface area contributed by atoms with Gasteiger partial charge < -0.3 is 9.32 Å². The van der Waals surface area contributed by atoms with E-state index in [-0.39, 0.29) is 40.9 Å². The van der Waals surface area contributed by atoms with E-state index in [1.807, 2.05) is 0 Å². The number of rotatable bonds is 6. The number of carbonyl (C=O) groups excluding carboxylic acids is 1. The van der Waals surface area contributed by atoms with Gasteiger partial charge in [0.25, 0.3) is 5.91 Å². The Bertz CT molecular complexity index is 1080. The van der Waals surface area contributed by atoms with Crippen LogP contribution in [0.3, 0.4) is 0 Å². The highest BCUT2D eigenvalue weighted by Crippen LogP contribution is 2.25. The van der Waals surface area contributed by atoms with E-state index in [0.717, 1.165) is 6.20 Å². The average molecular weight is 448 g/mol. The second-order valence-electron chi connectivity index (χ2n) is 6.32. The zero-order chi connectivity index (χ0) is 20.5. The molecule has 3 rings (SSSR count). The molecule has 2 aromatic heterocycles. The van der Waals surface area contributed by atoms with Crippen molar-refractivity contribution in [2.75, 3.05) is 17.3 Å². The van der Waals surface area contributed by atoms with Crippen LogP contribution in [-0.2, 0) is 26.2 Å². The molecule has 1 unspecified atom stereocenters. The second kappa shape index (κ2) is 7.80. The van der Waals surface area contributed by atoms with Crippen molar-refractivity contribution in [3.05, 3.63) is 41.1 Å². The van der Waals surface area contributed by atoms with Crippen molar-refractivity contribution in [2.24, 2.45) is 0 Å². The van der Waals surface area contributed by atoms with Crippen LogP contribution in [0.15, 0.2) is 34.2 Å². The molecule has 0 aromatic carbocycles. The molecule has 0 bridgehead atoms. The Hall–Kier alpha value is -1.98. The van der Waals surface area contributed by atoms with Crippen molar-refractivity contribution in [2.45, 2.75) is 31.1 Å². The van der Waals surface area contributed by atoms with Gasteiger partial charge >= 0.3 is 0 Å². The first-order chi connectivity index (χ1) is 13.1. The van der Waals surface area contributed by atoms with Gasteiger partial charge in [0.1, 0.15) is 5.76 Å². The summed E-state index contributed by atoms with van der Waals surface area (Å²) < 4.78 is 53.2. The monoisotopic (exact) mass is 447 g/mol. The number of carbonyl (C=O) groups is 1. The van der Waals surface area contributed by atoms with Crippen molar-refractivity contribution in [3.8, 4) is 0 Å². The molecule has 0 spiro atoms. The first-order valence-corrected chi connectivity index (χ1v) is 12.3. The molecule has 0 aliphatic carbocycles. The summed E-state index contributed by atoms with van der Waals surface area (Å²) in [6, 6.07) is 2.70. The molecule has 28 heavy (non-hydrogen) atoms. The molecule has 1 atom stereocenters. The lowest BCUT2D eigenvalue weighted by Crippen LogP contribution is -2.41. The van der Waals surface area contributed by atoms with Crippen LogP contribution < -0.4 is 0 Å². The smallest absolute Gasteiger partial charge is 0.274 e. The zero-order valence-corrected chi connectivity index (χ0v) is 17.3. The summed E-state index contributed by atoms with van der Waals surface area (Å²) in [5, 5.41) is -0.620. The molecule has 3 heterocycles. The Kier molecular flexibility index (Phi) is 5.78. The largest absolute Gasteiger partial charge is 0.467 e. The molecule has 0 N–H and O–H groups in total. The van der Waals surface area contributed by atoms with Crippen LogP contribution in [0.5, 0.6) is 0 Å². The quantitative estimate of drug-likeness (QED) is 0.607. The van der Waals surface area contributed by atoms with Crippen LogP contribution in [0, 0.1) is 0 Å². The number of halogens is 1. The third-order valence-electron chi connectivity index (χ3n) is 4.40. The number of amides is 1. The van der Waals surface area contributed by atoms with E-state index in [1.54, 1.807) is 12.1 Å². The van der Waals surface area contributed by atoms with E-state index in [0.29, 0.717) is 5.76 Å². The predicted molar refractivity (Wildman–Crippen MR) is 100 cm³/mol. The van der Waals surface area contributed by atoms with Gasteiger partial charge in [0, 0.05) is 6.04 Å². The summed E-state index contributed by atoms with van der Waals surface area (Å²) in [5.41, 5.74) is -0.292. The van der Waals surface area contributed by atoms with Crippen LogP contribution in [0.4, 0.5) is 0 Å². The maximum absolute atomic E-state index is 13.2. The third-order valence-corrected chi connectivity index (χ3v) is 7.94. The molecule has 1 fully saturated rings. The van der Waals surface area contributed by atoms with Gasteiger partial charge in [-0.05, 0) is 18.6 Å². The van der Waals surface area contributed by atoms with Gasteiger partial charge in [-0.15, -0.1) is 0 Å². The van der Waals surface area contributed by atoms with E-state index in [1.165, 1.54) is 18.1 Å². The molecule has 9 nitrogen and oxygen atoms in total. The fourth-order valence-electron chi connectivity index (χ4n) is 2.87. The van der Waals surface area contributed by atoms with Gasteiger partial charge in [-0.25, -0.2) is 26.8 Å². The molecule has 152 valence electrons. The maximum atomic E-state index is 13.2. The number of furan rings is 1. The van der Waals surface area contributed by atoms with Crippen LogP contribution >= 0.6 is 11.6 Å². The number of nitrogens with zero attached hydrogens (tertiary/aromatic N) is 3. The summed E-state index contributed by atoms with van der Waals surface area (Å²) in [6.07, 6.45) is 2.76. The minimum atomic E-state index is -3.75. The Morgan fingerprint density at radius 3 is 2.75 bits per heavy atom. The molecule has 2 aromatic rings. The summed E-state index contributed by atoms with van der Waals surface area (Å²) in [5.74, 6) is -0.698. The normalized spacial score (nSPS) is 18.9. The Balaban J connectivity index is 2.00. The van der Waals surface area contributed by atoms with Crippen molar-refractivity contribution >= 4 is 37.2 Å². The molecule has 1 aliphatic heterocycles. The van der Waals surface area contributed by atoms with Crippen LogP contribution in [-0.4, -0.2) is 60.9 Å². The fourth-order valence-corrected chi connectivity index (χ4v) is 5.48. The highest BCUT2D eigenvalue weighted by molar-refractivity contribution is 7.91. The van der Waals surface area contributed by atoms with Crippen LogP contribution in [0.25, 0.3) is 0 Å². The lowest BCUT2D eigenvalue weighted by atomic mass is 10.2. The minimum Gasteiger partial charge on any atom is -0.467 e. The number of hydrogen-bond acceptors (Lipinski definition) is 8. The Labute approximate surface area is 167 Å². The number of aromatic nitrogens is 2. The summed E-state index contributed by atoms with van der Waals surface area (Å²) >= 11 is 6.06. The van der Waals surface area contributed by atoms with Crippen molar-refractivity contribution in [1.82, 2.24) is 14.9 Å². The molecule has 1 aliphatic rings. The van der Waals surface area contributed by atoms with Gasteiger partial charge in [0.2, 0.25) is 15.0 Å². The lowest BCUT2D eigenvalue weighted by Gasteiger charge is -2.27. The Morgan fingerprint density at radius 1 is 1.43 bits per heavy atom. The zero-order valence-electron chi connectivity index (χ0n) is 14.9. The van der Waals surface area contributed by atoms with Crippen molar-refractivity contribution in [3.63, 3.8) is 0 Å². The number of hydrogen-bond donors (Lipinski definition) is 0. The highest BCUT2D eigenvalue weighted by atomic mass is 35.5.